The second kappa shape index (κ2) is 8.36. The van der Waals surface area contributed by atoms with E-state index < -0.39 is 11.6 Å². The summed E-state index contributed by atoms with van der Waals surface area (Å²) in [5.41, 5.74) is 2.68. The van der Waals surface area contributed by atoms with Gasteiger partial charge in [-0.2, -0.15) is 5.10 Å². The second-order valence-electron chi connectivity index (χ2n) is 7.34. The van der Waals surface area contributed by atoms with Crippen LogP contribution in [-0.2, 0) is 12.8 Å². The van der Waals surface area contributed by atoms with E-state index in [1.165, 1.54) is 6.07 Å². The molecule has 1 aromatic carbocycles. The normalized spacial score (nSPS) is 16.9. The van der Waals surface area contributed by atoms with E-state index in [-0.39, 0.29) is 5.91 Å². The number of aromatic nitrogens is 2. The minimum absolute atomic E-state index is 0.195. The molecule has 0 radical (unpaired) electrons. The molecule has 8 heteroatoms. The Balaban J connectivity index is 1.42. The molecule has 28 heavy (non-hydrogen) atoms. The first-order valence-corrected chi connectivity index (χ1v) is 9.91. The van der Waals surface area contributed by atoms with Crippen LogP contribution in [0.15, 0.2) is 18.2 Å². The minimum Gasteiger partial charge on any atom is -0.351 e. The summed E-state index contributed by atoms with van der Waals surface area (Å²) in [6.45, 7) is 5.67. The van der Waals surface area contributed by atoms with Gasteiger partial charge in [-0.05, 0) is 44.4 Å². The Morgan fingerprint density at radius 2 is 2.00 bits per heavy atom. The Morgan fingerprint density at radius 3 is 2.79 bits per heavy atom. The highest BCUT2D eigenvalue weighted by Gasteiger charge is 2.27. The Kier molecular flexibility index (Phi) is 5.68. The monoisotopic (exact) mass is 389 g/mol. The van der Waals surface area contributed by atoms with Gasteiger partial charge >= 0.3 is 0 Å². The molecule has 0 atom stereocenters. The first-order valence-electron chi connectivity index (χ1n) is 9.91. The zero-order chi connectivity index (χ0) is 19.5. The molecule has 150 valence electrons. The molecule has 1 amide bonds. The van der Waals surface area contributed by atoms with Gasteiger partial charge in [0.2, 0.25) is 0 Å². The van der Waals surface area contributed by atoms with E-state index in [9.17, 15) is 13.6 Å². The number of fused-ring (bicyclic) bond motifs is 1. The van der Waals surface area contributed by atoms with Crippen LogP contribution in [0.3, 0.4) is 0 Å². The van der Waals surface area contributed by atoms with Crippen LogP contribution in [0, 0.1) is 11.6 Å². The summed E-state index contributed by atoms with van der Waals surface area (Å²) in [6.07, 6.45) is 3.37. The quantitative estimate of drug-likeness (QED) is 0.738. The molecule has 2 aliphatic rings. The minimum atomic E-state index is -0.918. The highest BCUT2D eigenvalue weighted by Crippen LogP contribution is 2.28. The lowest BCUT2D eigenvalue weighted by Crippen LogP contribution is -2.44. The van der Waals surface area contributed by atoms with Crippen molar-refractivity contribution in [3.05, 3.63) is 46.8 Å². The average molecular weight is 389 g/mol. The summed E-state index contributed by atoms with van der Waals surface area (Å²) in [6, 6.07) is 3.69. The van der Waals surface area contributed by atoms with Gasteiger partial charge in [-0.1, -0.05) is 0 Å². The summed E-state index contributed by atoms with van der Waals surface area (Å²) < 4.78 is 28.5. The van der Waals surface area contributed by atoms with Crippen LogP contribution in [0.4, 0.5) is 8.78 Å². The Labute approximate surface area is 162 Å². The molecule has 0 unspecified atom stereocenters. The molecule has 2 aromatic rings. The van der Waals surface area contributed by atoms with E-state index in [4.69, 9.17) is 0 Å². The van der Waals surface area contributed by atoms with E-state index >= 15 is 0 Å². The van der Waals surface area contributed by atoms with Gasteiger partial charge in [0.1, 0.15) is 0 Å². The van der Waals surface area contributed by atoms with Gasteiger partial charge in [-0.25, -0.2) is 13.5 Å². The van der Waals surface area contributed by atoms with Crippen LogP contribution in [-0.4, -0.2) is 59.9 Å². The molecule has 6 nitrogen and oxygen atoms in total. The first-order chi connectivity index (χ1) is 13.6. The number of halogens is 2. The number of nitrogens with zero attached hydrogens (tertiary/aromatic N) is 3. The fraction of sp³-hybridized carbons (Fsp3) is 0.500. The van der Waals surface area contributed by atoms with Crippen molar-refractivity contribution in [3.63, 3.8) is 0 Å². The summed E-state index contributed by atoms with van der Waals surface area (Å²) >= 11 is 0. The number of hydrogen-bond donors (Lipinski definition) is 2. The molecule has 1 fully saturated rings. The summed E-state index contributed by atoms with van der Waals surface area (Å²) in [4.78, 5) is 15.1. The number of carbonyl (C=O) groups excluding carboxylic acids is 1. The zero-order valence-electron chi connectivity index (χ0n) is 15.8. The van der Waals surface area contributed by atoms with Crippen molar-refractivity contribution in [1.29, 1.82) is 0 Å². The number of benzene rings is 1. The van der Waals surface area contributed by atoms with Crippen molar-refractivity contribution in [2.24, 2.45) is 0 Å². The number of carbonyl (C=O) groups is 1. The van der Waals surface area contributed by atoms with Crippen molar-refractivity contribution in [1.82, 2.24) is 25.3 Å². The van der Waals surface area contributed by atoms with Gasteiger partial charge in [0.15, 0.2) is 17.3 Å². The Morgan fingerprint density at radius 1 is 1.18 bits per heavy atom. The van der Waals surface area contributed by atoms with Crippen LogP contribution in [0.2, 0.25) is 0 Å². The second-order valence-corrected chi connectivity index (χ2v) is 7.34. The van der Waals surface area contributed by atoms with Crippen LogP contribution < -0.4 is 10.6 Å². The van der Waals surface area contributed by atoms with Crippen molar-refractivity contribution in [3.8, 4) is 5.69 Å². The van der Waals surface area contributed by atoms with Crippen molar-refractivity contribution >= 4 is 5.91 Å². The zero-order valence-corrected chi connectivity index (χ0v) is 15.8. The number of rotatable bonds is 6. The lowest BCUT2D eigenvalue weighted by Gasteiger charge is -2.27. The molecule has 2 heterocycles. The van der Waals surface area contributed by atoms with Crippen LogP contribution in [0.25, 0.3) is 5.69 Å². The smallest absolute Gasteiger partial charge is 0.272 e. The highest BCUT2D eigenvalue weighted by atomic mass is 19.2. The molecule has 4 rings (SSSR count). The molecule has 0 spiro atoms. The largest absolute Gasteiger partial charge is 0.351 e. The molecular weight excluding hydrogens is 364 g/mol. The van der Waals surface area contributed by atoms with Crippen molar-refractivity contribution in [2.45, 2.75) is 25.7 Å². The van der Waals surface area contributed by atoms with Crippen LogP contribution >= 0.6 is 0 Å². The van der Waals surface area contributed by atoms with Gasteiger partial charge < -0.3 is 15.5 Å². The molecule has 1 aromatic heterocycles. The highest BCUT2D eigenvalue weighted by molar-refractivity contribution is 5.94. The summed E-state index contributed by atoms with van der Waals surface area (Å²) in [7, 11) is 0. The number of hydrogen-bond acceptors (Lipinski definition) is 4. The van der Waals surface area contributed by atoms with E-state index in [1.54, 1.807) is 4.68 Å². The molecule has 1 aliphatic heterocycles. The van der Waals surface area contributed by atoms with Gasteiger partial charge in [0.25, 0.3) is 5.91 Å². The first kappa shape index (κ1) is 19.0. The maximum Gasteiger partial charge on any atom is 0.272 e. The predicted molar refractivity (Wildman–Crippen MR) is 102 cm³/mol. The Hall–Kier alpha value is -2.32. The lowest BCUT2D eigenvalue weighted by atomic mass is 10.2. The fourth-order valence-electron chi connectivity index (χ4n) is 3.97. The Bertz CT molecular complexity index is 861. The molecule has 1 aliphatic carbocycles. The third-order valence-corrected chi connectivity index (χ3v) is 5.44. The summed E-state index contributed by atoms with van der Waals surface area (Å²) in [5, 5.41) is 10.7. The van der Waals surface area contributed by atoms with Gasteiger partial charge in [0.05, 0.1) is 5.69 Å². The summed E-state index contributed by atoms with van der Waals surface area (Å²) in [5.74, 6) is -2.01. The van der Waals surface area contributed by atoms with Crippen molar-refractivity contribution in [2.75, 3.05) is 39.3 Å². The van der Waals surface area contributed by atoms with E-state index in [1.807, 2.05) is 0 Å². The number of nitrogens with one attached hydrogen (secondary N) is 2. The maximum atomic E-state index is 13.6. The SMILES string of the molecule is O=C(NCCCN1CCNCC1)c1nn(-c2ccc(F)c(F)c2)c2c1CCC2. The topological polar surface area (TPSA) is 62.2 Å². The molecule has 0 saturated carbocycles. The van der Waals surface area contributed by atoms with Gasteiger partial charge in [-0.3, -0.25) is 4.79 Å². The maximum absolute atomic E-state index is 13.6. The number of amides is 1. The third kappa shape index (κ3) is 3.93. The molecule has 1 saturated heterocycles. The standard InChI is InChI=1S/C20H25F2N5O/c21-16-6-5-14(13-17(16)22)27-18-4-1-3-15(18)19(25-27)20(28)24-7-2-10-26-11-8-23-9-12-26/h5-6,13,23H,1-4,7-12H2,(H,24,28). The van der Waals surface area contributed by atoms with E-state index in [0.29, 0.717) is 17.9 Å². The van der Waals surface area contributed by atoms with Gasteiger partial charge in [0, 0.05) is 50.0 Å². The van der Waals surface area contributed by atoms with Crippen LogP contribution in [0.1, 0.15) is 34.6 Å². The van der Waals surface area contributed by atoms with Gasteiger partial charge in [-0.15, -0.1) is 0 Å². The average Bonchev–Trinajstić information content (AvgIpc) is 3.31. The number of piperazine rings is 1. The third-order valence-electron chi connectivity index (χ3n) is 5.44. The fourth-order valence-corrected chi connectivity index (χ4v) is 3.97. The van der Waals surface area contributed by atoms with Crippen molar-refractivity contribution < 1.29 is 13.6 Å². The lowest BCUT2D eigenvalue weighted by molar-refractivity contribution is 0.0945. The van der Waals surface area contributed by atoms with Crippen LogP contribution in [0.5, 0.6) is 0 Å². The predicted octanol–water partition coefficient (Wildman–Crippen LogP) is 1.66. The molecule has 0 bridgehead atoms. The molecule has 2 N–H and O–H groups in total. The van der Waals surface area contributed by atoms with E-state index in [2.05, 4.69) is 20.6 Å². The van der Waals surface area contributed by atoms with E-state index in [0.717, 1.165) is 81.8 Å². The molecular formula is C20H25F2N5O.